The normalized spacial score (nSPS) is 14.4. The van der Waals surface area contributed by atoms with Crippen LogP contribution in [0.15, 0.2) is 59.3 Å². The van der Waals surface area contributed by atoms with E-state index in [1.54, 1.807) is 36.4 Å². The van der Waals surface area contributed by atoms with Crippen LogP contribution in [0.2, 0.25) is 10.0 Å². The smallest absolute Gasteiger partial charge is 0.262 e. The van der Waals surface area contributed by atoms with E-state index in [0.29, 0.717) is 10.0 Å². The molecular weight excluding hydrogens is 371 g/mol. The molecule has 0 aromatic heterocycles. The average Bonchev–Trinajstić information content (AvgIpc) is 2.54. The number of benzene rings is 2. The lowest BCUT2D eigenvalue weighted by molar-refractivity contribution is 0.596. The molecule has 2 unspecified atom stereocenters. The summed E-state index contributed by atoms with van der Waals surface area (Å²) < 4.78 is 23.8. The van der Waals surface area contributed by atoms with Gasteiger partial charge in [0.1, 0.15) is 10.8 Å². The molecule has 0 fully saturated rings. The van der Waals surface area contributed by atoms with Crippen LogP contribution in [0.3, 0.4) is 0 Å². The molecule has 0 heterocycles. The first kappa shape index (κ1) is 18.5. The molecule has 0 aliphatic rings. The molecule has 120 valence electrons. The van der Waals surface area contributed by atoms with Crippen molar-refractivity contribution in [1.82, 2.24) is 0 Å². The van der Waals surface area contributed by atoms with Gasteiger partial charge in [-0.2, -0.15) is 0 Å². The third-order valence-corrected chi connectivity index (χ3v) is 6.04. The van der Waals surface area contributed by atoms with Crippen molar-refractivity contribution < 1.29 is 9.11 Å². The van der Waals surface area contributed by atoms with Crippen molar-refractivity contribution in [3.8, 4) is 0 Å². The summed E-state index contributed by atoms with van der Waals surface area (Å²) in [7, 11) is 0. The minimum Gasteiger partial charge on any atom is -0.608 e. The molecule has 0 aliphatic heterocycles. The lowest BCUT2D eigenvalue weighted by Crippen LogP contribution is -2.11. The average molecular weight is 385 g/mol. The fraction of sp³-hybridized carbons (Fsp3) is 0.0588. The summed E-state index contributed by atoms with van der Waals surface area (Å²) in [6, 6.07) is 14.4. The monoisotopic (exact) mass is 384 g/mol. The predicted molar refractivity (Wildman–Crippen MR) is 102 cm³/mol. The van der Waals surface area contributed by atoms with Crippen LogP contribution >= 0.6 is 23.2 Å². The first-order valence-corrected chi connectivity index (χ1v) is 10.2. The van der Waals surface area contributed by atoms with Crippen LogP contribution in [0.25, 0.3) is 12.2 Å². The third-order valence-electron chi connectivity index (χ3n) is 2.80. The molecule has 0 N–H and O–H groups in total. The summed E-state index contributed by atoms with van der Waals surface area (Å²) in [4.78, 5) is 0. The van der Waals surface area contributed by atoms with Gasteiger partial charge >= 0.3 is 0 Å². The van der Waals surface area contributed by atoms with E-state index in [9.17, 15) is 9.11 Å². The van der Waals surface area contributed by atoms with Gasteiger partial charge in [0.05, 0.1) is 0 Å². The Kier molecular flexibility index (Phi) is 7.56. The van der Waals surface area contributed by atoms with Gasteiger partial charge in [-0.05, 0) is 47.5 Å². The highest BCUT2D eigenvalue weighted by atomic mass is 35.5. The summed E-state index contributed by atoms with van der Waals surface area (Å²) in [5, 5.41) is 4.44. The molecule has 6 heteroatoms. The van der Waals surface area contributed by atoms with Crippen molar-refractivity contribution in [3.05, 3.63) is 80.5 Å². The lowest BCUT2D eigenvalue weighted by Gasteiger charge is -2.07. The van der Waals surface area contributed by atoms with Gasteiger partial charge in [0, 0.05) is 32.4 Å². The second-order valence-corrected chi connectivity index (χ2v) is 8.47. The van der Waals surface area contributed by atoms with Crippen LogP contribution in [0.1, 0.15) is 11.1 Å². The van der Waals surface area contributed by atoms with E-state index in [1.165, 1.54) is 10.8 Å². The van der Waals surface area contributed by atoms with Gasteiger partial charge < -0.3 is 9.11 Å². The minimum absolute atomic E-state index is 0.0637. The Morgan fingerprint density at radius 1 is 0.696 bits per heavy atom. The molecule has 2 aromatic rings. The standard InChI is InChI=1S/C17H14Cl2O2S2/c18-16-5-1-14(2-6-16)9-11-22(20)13-23(21)12-10-15-3-7-17(19)8-4-15/h1-12H,13H2. The van der Waals surface area contributed by atoms with Crippen molar-refractivity contribution in [2.75, 3.05) is 5.08 Å². The highest BCUT2D eigenvalue weighted by Crippen LogP contribution is 2.14. The van der Waals surface area contributed by atoms with E-state index in [-0.39, 0.29) is 5.08 Å². The van der Waals surface area contributed by atoms with E-state index in [2.05, 4.69) is 0 Å². The maximum absolute atomic E-state index is 11.9. The second kappa shape index (κ2) is 9.42. The summed E-state index contributed by atoms with van der Waals surface area (Å²) in [6.45, 7) is 0. The van der Waals surface area contributed by atoms with E-state index in [4.69, 9.17) is 23.2 Å². The van der Waals surface area contributed by atoms with Crippen molar-refractivity contribution in [1.29, 1.82) is 0 Å². The third kappa shape index (κ3) is 7.04. The molecule has 2 rings (SSSR count). The Balaban J connectivity index is 1.85. The Labute approximate surface area is 152 Å². The summed E-state index contributed by atoms with van der Waals surface area (Å²) in [5.74, 6) is 0. The van der Waals surface area contributed by atoms with Crippen molar-refractivity contribution in [2.24, 2.45) is 0 Å². The Bertz CT molecular complexity index is 610. The van der Waals surface area contributed by atoms with Crippen molar-refractivity contribution in [2.45, 2.75) is 0 Å². The summed E-state index contributed by atoms with van der Waals surface area (Å²) >= 11 is 8.99. The molecule has 0 bridgehead atoms. The van der Waals surface area contributed by atoms with Crippen LogP contribution in [0.5, 0.6) is 0 Å². The van der Waals surface area contributed by atoms with Gasteiger partial charge in [0.15, 0.2) is 0 Å². The van der Waals surface area contributed by atoms with Crippen LogP contribution < -0.4 is 0 Å². The fourth-order valence-corrected chi connectivity index (χ4v) is 4.06. The fourth-order valence-electron chi connectivity index (χ4n) is 1.65. The highest BCUT2D eigenvalue weighted by molar-refractivity contribution is 8.10. The number of hydrogen-bond donors (Lipinski definition) is 0. The zero-order valence-electron chi connectivity index (χ0n) is 12.0. The van der Waals surface area contributed by atoms with Crippen LogP contribution in [0, 0.1) is 0 Å². The zero-order valence-corrected chi connectivity index (χ0v) is 15.2. The molecule has 0 aliphatic carbocycles. The molecule has 0 saturated heterocycles. The van der Waals surface area contributed by atoms with Gasteiger partial charge in [0.2, 0.25) is 0 Å². The molecule has 23 heavy (non-hydrogen) atoms. The zero-order chi connectivity index (χ0) is 16.7. The molecule has 0 amide bonds. The van der Waals surface area contributed by atoms with Crippen LogP contribution in [-0.4, -0.2) is 14.2 Å². The van der Waals surface area contributed by atoms with E-state index in [0.717, 1.165) is 11.1 Å². The molecular formula is C17H14Cl2O2S2. The van der Waals surface area contributed by atoms with Crippen LogP contribution in [0.4, 0.5) is 0 Å². The molecule has 0 spiro atoms. The summed E-state index contributed by atoms with van der Waals surface area (Å²) in [5.41, 5.74) is 1.79. The maximum atomic E-state index is 11.9. The molecule has 2 aromatic carbocycles. The first-order chi connectivity index (χ1) is 11.0. The largest absolute Gasteiger partial charge is 0.608 e. The van der Waals surface area contributed by atoms with Gasteiger partial charge in [-0.1, -0.05) is 47.5 Å². The van der Waals surface area contributed by atoms with Gasteiger partial charge in [-0.3, -0.25) is 0 Å². The molecule has 2 atom stereocenters. The van der Waals surface area contributed by atoms with Gasteiger partial charge in [-0.25, -0.2) is 0 Å². The Hall–Kier alpha value is -0.880. The number of rotatable bonds is 6. The Morgan fingerprint density at radius 3 is 1.39 bits per heavy atom. The lowest BCUT2D eigenvalue weighted by atomic mass is 10.2. The van der Waals surface area contributed by atoms with Crippen LogP contribution in [-0.2, 0) is 22.4 Å². The minimum atomic E-state index is -1.30. The SMILES string of the molecule is [O-][S+](C=Cc1ccc(Cl)cc1)C[S+]([O-])C=Cc1ccc(Cl)cc1. The molecule has 0 radical (unpaired) electrons. The Morgan fingerprint density at radius 2 is 1.04 bits per heavy atom. The predicted octanol–water partition coefficient (Wildman–Crippen LogP) is 5.09. The van der Waals surface area contributed by atoms with Crippen molar-refractivity contribution in [3.63, 3.8) is 0 Å². The van der Waals surface area contributed by atoms with E-state index < -0.39 is 22.4 Å². The topological polar surface area (TPSA) is 46.1 Å². The summed E-state index contributed by atoms with van der Waals surface area (Å²) in [6.07, 6.45) is 3.46. The van der Waals surface area contributed by atoms with Crippen molar-refractivity contribution >= 4 is 57.7 Å². The second-order valence-electron chi connectivity index (χ2n) is 4.59. The maximum Gasteiger partial charge on any atom is 0.262 e. The number of halogens is 2. The highest BCUT2D eigenvalue weighted by Gasteiger charge is 2.11. The van der Waals surface area contributed by atoms with E-state index >= 15 is 0 Å². The number of hydrogen-bond acceptors (Lipinski definition) is 2. The first-order valence-electron chi connectivity index (χ1n) is 6.65. The quantitative estimate of drug-likeness (QED) is 0.651. The van der Waals surface area contributed by atoms with Gasteiger partial charge in [0.25, 0.3) is 5.08 Å². The molecule has 0 saturated carbocycles. The van der Waals surface area contributed by atoms with Gasteiger partial charge in [-0.15, -0.1) is 0 Å². The van der Waals surface area contributed by atoms with E-state index in [1.807, 2.05) is 24.3 Å². The molecule has 2 nitrogen and oxygen atoms in total.